The smallest absolute Gasteiger partial charge is 0.256 e. The third-order valence-electron chi connectivity index (χ3n) is 5.62. The molecule has 0 saturated heterocycles. The van der Waals surface area contributed by atoms with Crippen LogP contribution in [-0.4, -0.2) is 26.0 Å². The van der Waals surface area contributed by atoms with Gasteiger partial charge in [0, 0.05) is 17.0 Å². The van der Waals surface area contributed by atoms with Crippen molar-refractivity contribution < 1.29 is 19.1 Å². The zero-order chi connectivity index (χ0) is 23.4. The fraction of sp³-hybridized carbons (Fsp3) is 0.280. The van der Waals surface area contributed by atoms with Crippen LogP contribution in [0.4, 0.5) is 5.00 Å². The summed E-state index contributed by atoms with van der Waals surface area (Å²) in [6, 6.07) is 12.8. The van der Waals surface area contributed by atoms with Gasteiger partial charge in [-0.15, -0.1) is 11.3 Å². The second-order valence-electron chi connectivity index (χ2n) is 7.73. The highest BCUT2D eigenvalue weighted by molar-refractivity contribution is 7.17. The molecule has 2 aromatic carbocycles. The van der Waals surface area contributed by atoms with Crippen LogP contribution in [0.15, 0.2) is 42.5 Å². The number of methoxy groups -OCH3 is 2. The largest absolute Gasteiger partial charge is 0.493 e. The minimum Gasteiger partial charge on any atom is -0.493 e. The van der Waals surface area contributed by atoms with Crippen LogP contribution >= 0.6 is 22.9 Å². The molecule has 2 N–H and O–H groups in total. The van der Waals surface area contributed by atoms with E-state index in [4.69, 9.17) is 21.1 Å². The fourth-order valence-corrected chi connectivity index (χ4v) is 5.55. The van der Waals surface area contributed by atoms with Gasteiger partial charge in [-0.05, 0) is 48.9 Å². The minimum atomic E-state index is -0.367. The van der Waals surface area contributed by atoms with E-state index in [2.05, 4.69) is 10.6 Å². The maximum Gasteiger partial charge on any atom is 0.256 e. The number of nitrogens with one attached hydrogen (secondary N) is 2. The number of thiophene rings is 1. The van der Waals surface area contributed by atoms with Crippen LogP contribution in [0.3, 0.4) is 0 Å². The molecule has 0 atom stereocenters. The van der Waals surface area contributed by atoms with E-state index in [1.165, 1.54) is 31.6 Å². The zero-order valence-corrected chi connectivity index (χ0v) is 20.1. The Morgan fingerprint density at radius 1 is 1.03 bits per heavy atom. The monoisotopic (exact) mass is 484 g/mol. The summed E-state index contributed by atoms with van der Waals surface area (Å²) in [5, 5.41) is 6.78. The number of amides is 2. The molecule has 33 heavy (non-hydrogen) atoms. The van der Waals surface area contributed by atoms with Crippen molar-refractivity contribution in [3.8, 4) is 11.5 Å². The standard InChI is InChI=1S/C25H25ClN2O4S/c1-31-19-13-16(12-18(26)22(19)32-2)23(29)28-25-21(17-10-6-7-11-20(17)33-25)24(30)27-14-15-8-4-3-5-9-15/h3-5,8-9,12-13H,6-7,10-11,14H2,1-2H3,(H,27,30)(H,28,29). The van der Waals surface area contributed by atoms with E-state index >= 15 is 0 Å². The molecular weight excluding hydrogens is 460 g/mol. The van der Waals surface area contributed by atoms with E-state index < -0.39 is 0 Å². The average Bonchev–Trinajstić information content (AvgIpc) is 3.20. The third-order valence-corrected chi connectivity index (χ3v) is 7.11. The third kappa shape index (κ3) is 4.99. The number of halogens is 1. The number of anilines is 1. The Morgan fingerprint density at radius 3 is 2.52 bits per heavy atom. The Labute approximate surface area is 201 Å². The summed E-state index contributed by atoms with van der Waals surface area (Å²) in [4.78, 5) is 27.5. The second kappa shape index (κ2) is 10.3. The zero-order valence-electron chi connectivity index (χ0n) is 18.5. The molecule has 1 aliphatic rings. The molecule has 0 saturated carbocycles. The molecule has 6 nitrogen and oxygen atoms in total. The molecule has 3 aromatic rings. The first-order valence-electron chi connectivity index (χ1n) is 10.7. The van der Waals surface area contributed by atoms with Crippen LogP contribution in [0, 0.1) is 0 Å². The van der Waals surface area contributed by atoms with Crippen molar-refractivity contribution in [1.29, 1.82) is 0 Å². The van der Waals surface area contributed by atoms with Gasteiger partial charge in [0.25, 0.3) is 11.8 Å². The molecule has 4 rings (SSSR count). The summed E-state index contributed by atoms with van der Waals surface area (Å²) in [6.45, 7) is 0.420. The summed E-state index contributed by atoms with van der Waals surface area (Å²) in [7, 11) is 2.97. The minimum absolute atomic E-state index is 0.182. The van der Waals surface area contributed by atoms with Crippen molar-refractivity contribution in [2.75, 3.05) is 19.5 Å². The van der Waals surface area contributed by atoms with E-state index in [9.17, 15) is 9.59 Å². The highest BCUT2D eigenvalue weighted by Gasteiger charge is 2.27. The molecule has 1 aromatic heterocycles. The molecule has 0 fully saturated rings. The fourth-order valence-electron chi connectivity index (χ4n) is 3.99. The van der Waals surface area contributed by atoms with Crippen molar-refractivity contribution in [3.05, 3.63) is 74.6 Å². The topological polar surface area (TPSA) is 76.7 Å². The normalized spacial score (nSPS) is 12.6. The Balaban J connectivity index is 1.61. The van der Waals surface area contributed by atoms with Crippen LogP contribution in [0.5, 0.6) is 11.5 Å². The lowest BCUT2D eigenvalue weighted by Gasteiger charge is -2.14. The van der Waals surface area contributed by atoms with Gasteiger partial charge >= 0.3 is 0 Å². The van der Waals surface area contributed by atoms with Crippen LogP contribution in [-0.2, 0) is 19.4 Å². The number of carbonyl (C=O) groups excluding carboxylic acids is 2. The van der Waals surface area contributed by atoms with E-state index in [0.29, 0.717) is 34.2 Å². The molecular formula is C25H25ClN2O4S. The number of rotatable bonds is 7. The van der Waals surface area contributed by atoms with Gasteiger partial charge < -0.3 is 20.1 Å². The molecule has 1 heterocycles. The van der Waals surface area contributed by atoms with Gasteiger partial charge in [-0.3, -0.25) is 9.59 Å². The Hall–Kier alpha value is -3.03. The summed E-state index contributed by atoms with van der Waals surface area (Å²) in [5.41, 5.74) is 2.93. The lowest BCUT2D eigenvalue weighted by Crippen LogP contribution is -2.25. The predicted molar refractivity (Wildman–Crippen MR) is 131 cm³/mol. The van der Waals surface area contributed by atoms with Crippen molar-refractivity contribution in [3.63, 3.8) is 0 Å². The average molecular weight is 485 g/mol. The summed E-state index contributed by atoms with van der Waals surface area (Å²) in [6.07, 6.45) is 3.85. The number of fused-ring (bicyclic) bond motifs is 1. The highest BCUT2D eigenvalue weighted by atomic mass is 35.5. The van der Waals surface area contributed by atoms with E-state index in [-0.39, 0.29) is 16.8 Å². The van der Waals surface area contributed by atoms with Gasteiger partial charge in [0.1, 0.15) is 5.00 Å². The quantitative estimate of drug-likeness (QED) is 0.465. The molecule has 0 bridgehead atoms. The number of hydrogen-bond donors (Lipinski definition) is 2. The Morgan fingerprint density at radius 2 is 1.79 bits per heavy atom. The van der Waals surface area contributed by atoms with Crippen LogP contribution < -0.4 is 20.1 Å². The van der Waals surface area contributed by atoms with Gasteiger partial charge in [-0.2, -0.15) is 0 Å². The summed E-state index contributed by atoms with van der Waals surface area (Å²) in [5.74, 6) is 0.178. The molecule has 2 amide bonds. The first-order chi connectivity index (χ1) is 16.0. The number of aryl methyl sites for hydroxylation is 1. The van der Waals surface area contributed by atoms with Gasteiger partial charge in [0.15, 0.2) is 11.5 Å². The molecule has 8 heteroatoms. The summed E-state index contributed by atoms with van der Waals surface area (Å²) >= 11 is 7.75. The molecule has 0 unspecified atom stereocenters. The second-order valence-corrected chi connectivity index (χ2v) is 9.24. The number of ether oxygens (including phenoxy) is 2. The molecule has 0 spiro atoms. The van der Waals surface area contributed by atoms with Crippen LogP contribution in [0.1, 0.15) is 49.6 Å². The van der Waals surface area contributed by atoms with Crippen molar-refractivity contribution in [1.82, 2.24) is 5.32 Å². The van der Waals surface area contributed by atoms with E-state index in [0.717, 1.165) is 41.7 Å². The number of benzene rings is 2. The van der Waals surface area contributed by atoms with Crippen LogP contribution in [0.25, 0.3) is 0 Å². The first-order valence-corrected chi connectivity index (χ1v) is 11.9. The molecule has 1 aliphatic carbocycles. The van der Waals surface area contributed by atoms with Gasteiger partial charge in [0.2, 0.25) is 0 Å². The lowest BCUT2D eigenvalue weighted by atomic mass is 9.95. The van der Waals surface area contributed by atoms with Crippen molar-refractivity contribution in [2.24, 2.45) is 0 Å². The lowest BCUT2D eigenvalue weighted by molar-refractivity contribution is 0.0951. The maximum atomic E-state index is 13.2. The van der Waals surface area contributed by atoms with Gasteiger partial charge in [-0.1, -0.05) is 41.9 Å². The number of carbonyl (C=O) groups is 2. The highest BCUT2D eigenvalue weighted by Crippen LogP contribution is 2.39. The predicted octanol–water partition coefficient (Wildman–Crippen LogP) is 5.48. The Bertz CT molecular complexity index is 1180. The van der Waals surface area contributed by atoms with Crippen molar-refractivity contribution >= 4 is 39.8 Å². The van der Waals surface area contributed by atoms with Gasteiger partial charge in [-0.25, -0.2) is 0 Å². The Kier molecular flexibility index (Phi) is 7.20. The van der Waals surface area contributed by atoms with Gasteiger partial charge in [0.05, 0.1) is 24.8 Å². The van der Waals surface area contributed by atoms with E-state index in [1.54, 1.807) is 6.07 Å². The first kappa shape index (κ1) is 23.1. The maximum absolute atomic E-state index is 13.2. The SMILES string of the molecule is COc1cc(C(=O)Nc2sc3c(c2C(=O)NCc2ccccc2)CCCC3)cc(Cl)c1OC. The van der Waals surface area contributed by atoms with E-state index in [1.807, 2.05) is 30.3 Å². The summed E-state index contributed by atoms with van der Waals surface area (Å²) < 4.78 is 10.6. The molecule has 0 aliphatic heterocycles. The number of hydrogen-bond acceptors (Lipinski definition) is 5. The van der Waals surface area contributed by atoms with Crippen molar-refractivity contribution in [2.45, 2.75) is 32.2 Å². The van der Waals surface area contributed by atoms with Crippen LogP contribution in [0.2, 0.25) is 5.02 Å². The molecule has 0 radical (unpaired) electrons. The molecule has 172 valence electrons.